The molecular weight excluding hydrogens is 416 g/mol. The summed E-state index contributed by atoms with van der Waals surface area (Å²) in [5, 5.41) is 14.5. The fourth-order valence-electron chi connectivity index (χ4n) is 3.36. The van der Waals surface area contributed by atoms with Crippen LogP contribution in [0.4, 0.5) is 11.6 Å². The zero-order chi connectivity index (χ0) is 22.4. The third kappa shape index (κ3) is 5.76. The lowest BCUT2D eigenvalue weighted by molar-refractivity contribution is -0.123. The summed E-state index contributed by atoms with van der Waals surface area (Å²) < 4.78 is 7.41. The lowest BCUT2D eigenvalue weighted by Gasteiger charge is -2.27. The number of aromatic nitrogens is 3. The van der Waals surface area contributed by atoms with E-state index in [2.05, 4.69) is 25.7 Å². The van der Waals surface area contributed by atoms with Gasteiger partial charge in [0.05, 0.1) is 25.0 Å². The molecule has 2 N–H and O–H groups in total. The Kier molecular flexibility index (Phi) is 7.91. The summed E-state index contributed by atoms with van der Waals surface area (Å²) in [7, 11) is 0. The monoisotopic (exact) mass is 446 g/mol. The molecule has 1 unspecified atom stereocenters. The molecule has 31 heavy (non-hydrogen) atoms. The van der Waals surface area contributed by atoms with E-state index in [4.69, 9.17) is 4.74 Å². The highest BCUT2D eigenvalue weighted by Gasteiger charge is 2.23. The molecule has 1 aromatic carbocycles. The van der Waals surface area contributed by atoms with Gasteiger partial charge in [0.15, 0.2) is 5.16 Å². The molecule has 10 heteroatoms. The first-order valence-corrected chi connectivity index (χ1v) is 11.3. The number of para-hydroxylation sites is 1. The number of anilines is 2. The average Bonchev–Trinajstić information content (AvgIpc) is 3.17. The third-order valence-corrected chi connectivity index (χ3v) is 6.21. The standard InChI is InChI=1S/C21H30N6O3S/c1-5-27-20(26-9-11-30-12-10-26)24-25-21(27)31-16(4)19(29)22-13-17(28)23-18-14(2)7-6-8-15(18)3/h6-8,16H,5,9-13H2,1-4H3,(H,22,29)(H,23,28). The molecule has 0 spiro atoms. The van der Waals surface area contributed by atoms with Crippen LogP contribution >= 0.6 is 11.8 Å². The Morgan fingerprint density at radius 3 is 2.52 bits per heavy atom. The zero-order valence-electron chi connectivity index (χ0n) is 18.5. The van der Waals surface area contributed by atoms with Crippen molar-refractivity contribution in [2.45, 2.75) is 44.6 Å². The van der Waals surface area contributed by atoms with Crippen LogP contribution in [0.5, 0.6) is 0 Å². The van der Waals surface area contributed by atoms with Crippen LogP contribution in [0, 0.1) is 13.8 Å². The molecule has 0 saturated carbocycles. The summed E-state index contributed by atoms with van der Waals surface area (Å²) in [6, 6.07) is 5.82. The Labute approximate surface area is 186 Å². The summed E-state index contributed by atoms with van der Waals surface area (Å²) in [6.07, 6.45) is 0. The van der Waals surface area contributed by atoms with Gasteiger partial charge in [-0.1, -0.05) is 30.0 Å². The molecule has 0 bridgehead atoms. The molecule has 1 fully saturated rings. The highest BCUT2D eigenvalue weighted by molar-refractivity contribution is 8.00. The second-order valence-electron chi connectivity index (χ2n) is 7.42. The average molecular weight is 447 g/mol. The highest BCUT2D eigenvalue weighted by atomic mass is 32.2. The number of carbonyl (C=O) groups excluding carboxylic acids is 2. The molecule has 0 aliphatic carbocycles. The van der Waals surface area contributed by atoms with E-state index >= 15 is 0 Å². The number of amides is 2. The Morgan fingerprint density at radius 1 is 1.19 bits per heavy atom. The van der Waals surface area contributed by atoms with Crippen molar-refractivity contribution in [3.05, 3.63) is 29.3 Å². The van der Waals surface area contributed by atoms with Crippen molar-refractivity contribution in [1.82, 2.24) is 20.1 Å². The maximum atomic E-state index is 12.5. The van der Waals surface area contributed by atoms with Crippen molar-refractivity contribution in [2.24, 2.45) is 0 Å². The van der Waals surface area contributed by atoms with Crippen molar-refractivity contribution < 1.29 is 14.3 Å². The summed E-state index contributed by atoms with van der Waals surface area (Å²) in [5.74, 6) is 0.323. The third-order valence-electron chi connectivity index (χ3n) is 5.13. The van der Waals surface area contributed by atoms with Gasteiger partial charge < -0.3 is 20.3 Å². The molecule has 1 aliphatic heterocycles. The molecule has 2 amide bonds. The van der Waals surface area contributed by atoms with Crippen LogP contribution in [0.3, 0.4) is 0 Å². The molecule has 1 atom stereocenters. The zero-order valence-corrected chi connectivity index (χ0v) is 19.3. The number of carbonyl (C=O) groups is 2. The first kappa shape index (κ1) is 23.1. The van der Waals surface area contributed by atoms with Crippen LogP contribution in [0.2, 0.25) is 0 Å². The number of morpholine rings is 1. The summed E-state index contributed by atoms with van der Waals surface area (Å²) >= 11 is 1.34. The van der Waals surface area contributed by atoms with E-state index in [-0.39, 0.29) is 18.4 Å². The Morgan fingerprint density at radius 2 is 1.87 bits per heavy atom. The number of thioether (sulfide) groups is 1. The Hall–Kier alpha value is -2.59. The fraction of sp³-hybridized carbons (Fsp3) is 0.524. The van der Waals surface area contributed by atoms with Gasteiger partial charge in [-0.2, -0.15) is 0 Å². The SMILES string of the molecule is CCn1c(SC(C)C(=O)NCC(=O)Nc2c(C)cccc2C)nnc1N1CCOCC1. The maximum absolute atomic E-state index is 12.5. The van der Waals surface area contributed by atoms with Gasteiger partial charge in [-0.15, -0.1) is 10.2 Å². The van der Waals surface area contributed by atoms with Gasteiger partial charge in [-0.3, -0.25) is 14.2 Å². The van der Waals surface area contributed by atoms with Gasteiger partial charge in [-0.25, -0.2) is 0 Å². The molecular formula is C21H30N6O3S. The normalized spacial score (nSPS) is 14.9. The van der Waals surface area contributed by atoms with Crippen LogP contribution in [0.15, 0.2) is 23.4 Å². The molecule has 9 nitrogen and oxygen atoms in total. The Bertz CT molecular complexity index is 906. The van der Waals surface area contributed by atoms with E-state index in [9.17, 15) is 9.59 Å². The molecule has 0 radical (unpaired) electrons. The number of ether oxygens (including phenoxy) is 1. The second kappa shape index (κ2) is 10.6. The van der Waals surface area contributed by atoms with Crippen molar-refractivity contribution in [2.75, 3.05) is 43.1 Å². The van der Waals surface area contributed by atoms with Crippen molar-refractivity contribution >= 4 is 35.2 Å². The van der Waals surface area contributed by atoms with Gasteiger partial charge >= 0.3 is 0 Å². The van der Waals surface area contributed by atoms with Crippen LogP contribution in [-0.4, -0.2) is 64.7 Å². The quantitative estimate of drug-likeness (QED) is 0.598. The number of hydrogen-bond donors (Lipinski definition) is 2. The van der Waals surface area contributed by atoms with Crippen molar-refractivity contribution in [3.8, 4) is 0 Å². The first-order valence-electron chi connectivity index (χ1n) is 10.5. The highest BCUT2D eigenvalue weighted by Crippen LogP contribution is 2.26. The van der Waals surface area contributed by atoms with Gasteiger partial charge in [0.25, 0.3) is 0 Å². The number of nitrogens with zero attached hydrogens (tertiary/aromatic N) is 4. The predicted octanol–water partition coefficient (Wildman–Crippen LogP) is 1.99. The van der Waals surface area contributed by atoms with Crippen LogP contribution < -0.4 is 15.5 Å². The lowest BCUT2D eigenvalue weighted by atomic mass is 10.1. The van der Waals surface area contributed by atoms with Gasteiger partial charge in [0, 0.05) is 25.3 Å². The number of benzene rings is 1. The summed E-state index contributed by atoms with van der Waals surface area (Å²) in [4.78, 5) is 27.0. The summed E-state index contributed by atoms with van der Waals surface area (Å²) in [6.45, 7) is 11.2. The minimum atomic E-state index is -0.417. The smallest absolute Gasteiger partial charge is 0.243 e. The van der Waals surface area contributed by atoms with E-state index in [1.165, 1.54) is 11.8 Å². The number of nitrogens with one attached hydrogen (secondary N) is 2. The van der Waals surface area contributed by atoms with E-state index in [0.29, 0.717) is 24.9 Å². The first-order chi connectivity index (χ1) is 14.9. The number of aryl methyl sites for hydroxylation is 2. The van der Waals surface area contributed by atoms with Crippen LogP contribution in [0.1, 0.15) is 25.0 Å². The topological polar surface area (TPSA) is 101 Å². The maximum Gasteiger partial charge on any atom is 0.243 e. The van der Waals surface area contributed by atoms with Gasteiger partial charge in [-0.05, 0) is 38.8 Å². The lowest BCUT2D eigenvalue weighted by Crippen LogP contribution is -2.38. The molecule has 2 heterocycles. The van der Waals surface area contributed by atoms with E-state index in [1.807, 2.05) is 43.5 Å². The molecule has 2 aromatic rings. The molecule has 1 saturated heterocycles. The van der Waals surface area contributed by atoms with E-state index in [1.54, 1.807) is 6.92 Å². The van der Waals surface area contributed by atoms with Crippen molar-refractivity contribution in [1.29, 1.82) is 0 Å². The predicted molar refractivity (Wildman–Crippen MR) is 122 cm³/mol. The minimum Gasteiger partial charge on any atom is -0.378 e. The fourth-order valence-corrected chi connectivity index (χ4v) is 4.29. The number of hydrogen-bond acceptors (Lipinski definition) is 7. The minimum absolute atomic E-state index is 0.0863. The van der Waals surface area contributed by atoms with E-state index in [0.717, 1.165) is 35.9 Å². The van der Waals surface area contributed by atoms with Gasteiger partial charge in [0.2, 0.25) is 17.8 Å². The van der Waals surface area contributed by atoms with Crippen LogP contribution in [-0.2, 0) is 20.9 Å². The molecule has 1 aliphatic rings. The van der Waals surface area contributed by atoms with E-state index < -0.39 is 5.25 Å². The second-order valence-corrected chi connectivity index (χ2v) is 8.73. The largest absolute Gasteiger partial charge is 0.378 e. The number of rotatable bonds is 8. The van der Waals surface area contributed by atoms with Crippen molar-refractivity contribution in [3.63, 3.8) is 0 Å². The summed E-state index contributed by atoms with van der Waals surface area (Å²) in [5.41, 5.74) is 2.76. The molecule has 3 rings (SSSR count). The van der Waals surface area contributed by atoms with Crippen LogP contribution in [0.25, 0.3) is 0 Å². The molecule has 168 valence electrons. The van der Waals surface area contributed by atoms with Gasteiger partial charge in [0.1, 0.15) is 0 Å². The Balaban J connectivity index is 1.54. The molecule has 1 aromatic heterocycles.